The Bertz CT molecular complexity index is 284. The van der Waals surface area contributed by atoms with E-state index < -0.39 is 0 Å². The molecule has 0 fully saturated rings. The van der Waals surface area contributed by atoms with Crippen LogP contribution in [0.1, 0.15) is 73.1 Å². The van der Waals surface area contributed by atoms with Crippen molar-refractivity contribution in [2.75, 3.05) is 0 Å². The molecule has 0 aliphatic heterocycles. The van der Waals surface area contributed by atoms with Crippen LogP contribution in [0.2, 0.25) is 0 Å². The highest BCUT2D eigenvalue weighted by Gasteiger charge is 2.21. The Hall–Kier alpha value is -0.830. The molecule has 0 spiro atoms. The molecule has 0 radical (unpaired) electrons. The van der Waals surface area contributed by atoms with E-state index in [9.17, 15) is 4.79 Å². The minimum atomic E-state index is -0.334. The minimum absolute atomic E-state index is 0.0129. The molecule has 1 unspecified atom stereocenters. The summed E-state index contributed by atoms with van der Waals surface area (Å²) >= 11 is 0. The first-order chi connectivity index (χ1) is 8.78. The van der Waals surface area contributed by atoms with Crippen LogP contribution < -0.4 is 5.32 Å². The zero-order valence-electron chi connectivity index (χ0n) is 13.3. The predicted molar refractivity (Wildman–Crippen MR) is 81.0 cm³/mol. The Morgan fingerprint density at radius 2 is 1.84 bits per heavy atom. The van der Waals surface area contributed by atoms with E-state index in [1.807, 2.05) is 6.92 Å². The van der Waals surface area contributed by atoms with E-state index in [1.54, 1.807) is 6.92 Å². The van der Waals surface area contributed by atoms with Gasteiger partial charge in [-0.2, -0.15) is 0 Å². The van der Waals surface area contributed by atoms with Crippen LogP contribution in [0.3, 0.4) is 0 Å². The fourth-order valence-corrected chi connectivity index (χ4v) is 2.08. The average molecular weight is 269 g/mol. The van der Waals surface area contributed by atoms with Gasteiger partial charge in [0.2, 0.25) is 0 Å². The third-order valence-electron chi connectivity index (χ3n) is 3.13. The Morgan fingerprint density at radius 3 is 2.37 bits per heavy atom. The molecule has 0 aromatic rings. The van der Waals surface area contributed by atoms with Crippen LogP contribution in [0.5, 0.6) is 0 Å². The van der Waals surface area contributed by atoms with Crippen molar-refractivity contribution in [3.63, 3.8) is 0 Å². The number of hydrogen-bond donors (Lipinski definition) is 1. The van der Waals surface area contributed by atoms with E-state index in [4.69, 9.17) is 4.74 Å². The van der Waals surface area contributed by atoms with Gasteiger partial charge in [0.1, 0.15) is 0 Å². The average Bonchev–Trinajstić information content (AvgIpc) is 2.27. The molecule has 0 rings (SSSR count). The van der Waals surface area contributed by atoms with Gasteiger partial charge in [0.25, 0.3) is 0 Å². The summed E-state index contributed by atoms with van der Waals surface area (Å²) in [6.07, 6.45) is 7.20. The molecule has 0 heterocycles. The maximum atomic E-state index is 11.4. The summed E-state index contributed by atoms with van der Waals surface area (Å²) in [7, 11) is 0. The van der Waals surface area contributed by atoms with Crippen molar-refractivity contribution >= 4 is 5.97 Å². The van der Waals surface area contributed by atoms with Crippen LogP contribution in [0, 0.1) is 0 Å². The third-order valence-corrected chi connectivity index (χ3v) is 3.13. The van der Waals surface area contributed by atoms with Crippen molar-refractivity contribution in [2.45, 2.75) is 84.9 Å². The number of nitrogens with one attached hydrogen (secondary N) is 1. The van der Waals surface area contributed by atoms with Gasteiger partial charge in [0.05, 0.1) is 0 Å². The van der Waals surface area contributed by atoms with E-state index >= 15 is 0 Å². The SMILES string of the molecule is C=C(C)C(=O)OC(C)NC(C)(C)CCCCCCC. The Morgan fingerprint density at radius 1 is 1.26 bits per heavy atom. The van der Waals surface area contributed by atoms with Gasteiger partial charge in [-0.3, -0.25) is 5.32 Å². The molecule has 112 valence electrons. The molecule has 0 saturated heterocycles. The summed E-state index contributed by atoms with van der Waals surface area (Å²) in [5.41, 5.74) is 0.423. The van der Waals surface area contributed by atoms with Crippen molar-refractivity contribution in [3.8, 4) is 0 Å². The molecule has 0 aliphatic carbocycles. The van der Waals surface area contributed by atoms with Crippen molar-refractivity contribution < 1.29 is 9.53 Å². The van der Waals surface area contributed by atoms with Crippen LogP contribution in [0.25, 0.3) is 0 Å². The quantitative estimate of drug-likeness (QED) is 0.280. The smallest absolute Gasteiger partial charge is 0.334 e. The maximum absolute atomic E-state index is 11.4. The standard InChI is InChI=1S/C16H31NO2/c1-7-8-9-10-11-12-16(5,6)17-14(4)19-15(18)13(2)3/h14,17H,2,7-12H2,1,3-6H3. The van der Waals surface area contributed by atoms with Crippen LogP contribution in [0.15, 0.2) is 12.2 Å². The normalized spacial score (nSPS) is 13.1. The second kappa shape index (κ2) is 9.13. The maximum Gasteiger partial charge on any atom is 0.334 e. The van der Waals surface area contributed by atoms with Gasteiger partial charge in [-0.15, -0.1) is 0 Å². The molecular formula is C16H31NO2. The van der Waals surface area contributed by atoms with Crippen molar-refractivity contribution in [1.29, 1.82) is 0 Å². The highest BCUT2D eigenvalue weighted by molar-refractivity contribution is 5.87. The Kier molecular flexibility index (Phi) is 8.73. The topological polar surface area (TPSA) is 38.3 Å². The van der Waals surface area contributed by atoms with Crippen LogP contribution in [0.4, 0.5) is 0 Å². The van der Waals surface area contributed by atoms with Gasteiger partial charge >= 0.3 is 5.97 Å². The van der Waals surface area contributed by atoms with Gasteiger partial charge < -0.3 is 4.74 Å². The van der Waals surface area contributed by atoms with E-state index in [0.717, 1.165) is 6.42 Å². The number of carbonyl (C=O) groups excluding carboxylic acids is 1. The van der Waals surface area contributed by atoms with Crippen LogP contribution in [-0.4, -0.2) is 17.7 Å². The van der Waals surface area contributed by atoms with Gasteiger partial charge in [-0.05, 0) is 34.1 Å². The zero-order chi connectivity index (χ0) is 14.9. The minimum Gasteiger partial charge on any atom is -0.444 e. The van der Waals surface area contributed by atoms with E-state index in [2.05, 4.69) is 32.7 Å². The lowest BCUT2D eigenvalue weighted by molar-refractivity contribution is -0.145. The number of unbranched alkanes of at least 4 members (excludes halogenated alkanes) is 4. The second-order valence-electron chi connectivity index (χ2n) is 6.02. The molecule has 0 aliphatic rings. The second-order valence-corrected chi connectivity index (χ2v) is 6.02. The van der Waals surface area contributed by atoms with Crippen LogP contribution >= 0.6 is 0 Å². The largest absolute Gasteiger partial charge is 0.444 e. The molecule has 0 amide bonds. The van der Waals surface area contributed by atoms with E-state index in [0.29, 0.717) is 5.57 Å². The molecule has 1 N–H and O–H groups in total. The molecule has 0 aromatic carbocycles. The van der Waals surface area contributed by atoms with E-state index in [1.165, 1.54) is 32.1 Å². The summed E-state index contributed by atoms with van der Waals surface area (Å²) in [6, 6.07) is 0. The monoisotopic (exact) mass is 269 g/mol. The summed E-state index contributed by atoms with van der Waals surface area (Å²) in [5.74, 6) is -0.334. The molecule has 0 aromatic heterocycles. The highest BCUT2D eigenvalue weighted by atomic mass is 16.6. The first-order valence-electron chi connectivity index (χ1n) is 7.42. The number of carbonyl (C=O) groups is 1. The lowest BCUT2D eigenvalue weighted by atomic mass is 9.96. The first-order valence-corrected chi connectivity index (χ1v) is 7.42. The van der Waals surface area contributed by atoms with E-state index in [-0.39, 0.29) is 17.7 Å². The Labute approximate surface area is 118 Å². The van der Waals surface area contributed by atoms with Gasteiger partial charge in [0.15, 0.2) is 6.23 Å². The molecule has 1 atom stereocenters. The highest BCUT2D eigenvalue weighted by Crippen LogP contribution is 2.16. The lowest BCUT2D eigenvalue weighted by Crippen LogP contribution is -2.46. The number of esters is 1. The summed E-state index contributed by atoms with van der Waals surface area (Å²) < 4.78 is 5.24. The van der Waals surface area contributed by atoms with Gasteiger partial charge in [-0.25, -0.2) is 4.79 Å². The van der Waals surface area contributed by atoms with Crippen LogP contribution in [-0.2, 0) is 9.53 Å². The Balaban J connectivity index is 3.93. The summed E-state index contributed by atoms with van der Waals surface area (Å²) in [5, 5.41) is 3.35. The fourth-order valence-electron chi connectivity index (χ4n) is 2.08. The number of rotatable bonds is 10. The molecule has 19 heavy (non-hydrogen) atoms. The lowest BCUT2D eigenvalue weighted by Gasteiger charge is -2.30. The molecule has 0 saturated carbocycles. The number of ether oxygens (including phenoxy) is 1. The van der Waals surface area contributed by atoms with Crippen molar-refractivity contribution in [3.05, 3.63) is 12.2 Å². The molecule has 3 heteroatoms. The molecule has 3 nitrogen and oxygen atoms in total. The molecule has 0 bridgehead atoms. The van der Waals surface area contributed by atoms with Gasteiger partial charge in [-0.1, -0.05) is 45.6 Å². The molecular weight excluding hydrogens is 238 g/mol. The number of hydrogen-bond acceptors (Lipinski definition) is 3. The zero-order valence-corrected chi connectivity index (χ0v) is 13.3. The first kappa shape index (κ1) is 18.2. The predicted octanol–water partition coefficient (Wildman–Crippen LogP) is 4.18. The summed E-state index contributed by atoms with van der Waals surface area (Å²) in [4.78, 5) is 11.4. The van der Waals surface area contributed by atoms with Crippen molar-refractivity contribution in [1.82, 2.24) is 5.32 Å². The fraction of sp³-hybridized carbons (Fsp3) is 0.812. The van der Waals surface area contributed by atoms with Crippen molar-refractivity contribution in [2.24, 2.45) is 0 Å². The third kappa shape index (κ3) is 9.71. The summed E-state index contributed by atoms with van der Waals surface area (Å²) in [6.45, 7) is 13.6. The van der Waals surface area contributed by atoms with Gasteiger partial charge in [0, 0.05) is 11.1 Å².